The van der Waals surface area contributed by atoms with Gasteiger partial charge in [-0.25, -0.2) is 0 Å². The van der Waals surface area contributed by atoms with Crippen LogP contribution in [0.25, 0.3) is 0 Å². The third-order valence-electron chi connectivity index (χ3n) is 4.37. The first kappa shape index (κ1) is 18.4. The van der Waals surface area contributed by atoms with Gasteiger partial charge in [0.25, 0.3) is 5.91 Å². The molecule has 6 heteroatoms. The van der Waals surface area contributed by atoms with E-state index >= 15 is 0 Å². The fourth-order valence-corrected chi connectivity index (χ4v) is 2.80. The summed E-state index contributed by atoms with van der Waals surface area (Å²) in [6.07, 6.45) is 4.80. The van der Waals surface area contributed by atoms with Crippen molar-refractivity contribution in [1.29, 1.82) is 0 Å². The number of guanidine groups is 1. The highest BCUT2D eigenvalue weighted by atomic mass is 16.3. The smallest absolute Gasteiger partial charge is 0.287 e. The van der Waals surface area contributed by atoms with E-state index in [2.05, 4.69) is 29.4 Å². The third-order valence-corrected chi connectivity index (χ3v) is 4.37. The van der Waals surface area contributed by atoms with Crippen molar-refractivity contribution in [2.45, 2.75) is 40.0 Å². The zero-order valence-corrected chi connectivity index (χ0v) is 15.1. The van der Waals surface area contributed by atoms with Crippen molar-refractivity contribution >= 4 is 11.9 Å². The maximum absolute atomic E-state index is 11.9. The summed E-state index contributed by atoms with van der Waals surface area (Å²) in [4.78, 5) is 19.0. The van der Waals surface area contributed by atoms with Gasteiger partial charge < -0.3 is 20.0 Å². The van der Waals surface area contributed by atoms with Gasteiger partial charge in [-0.3, -0.25) is 9.79 Å². The van der Waals surface area contributed by atoms with Crippen LogP contribution in [0.2, 0.25) is 0 Å². The lowest BCUT2D eigenvalue weighted by molar-refractivity contribution is 0.0925. The van der Waals surface area contributed by atoms with Gasteiger partial charge in [0, 0.05) is 38.3 Å². The van der Waals surface area contributed by atoms with Gasteiger partial charge in [0.2, 0.25) is 0 Å². The number of piperidine rings is 1. The summed E-state index contributed by atoms with van der Waals surface area (Å²) in [7, 11) is 0. The van der Waals surface area contributed by atoms with E-state index in [0.29, 0.717) is 18.8 Å². The van der Waals surface area contributed by atoms with Gasteiger partial charge in [0.05, 0.1) is 6.26 Å². The number of furan rings is 1. The van der Waals surface area contributed by atoms with E-state index in [4.69, 9.17) is 9.41 Å². The largest absolute Gasteiger partial charge is 0.459 e. The standard InChI is InChI=1S/C18H30N4O2/c1-4-19-18(22-11-6-14(2)7-12-22)21-10-5-9-20-17(23)16-15(3)8-13-24-16/h8,13-14H,4-7,9-12H2,1-3H3,(H,19,21)(H,20,23). The molecular weight excluding hydrogens is 304 g/mol. The fourth-order valence-electron chi connectivity index (χ4n) is 2.80. The van der Waals surface area contributed by atoms with Crippen molar-refractivity contribution in [2.24, 2.45) is 10.9 Å². The Kier molecular flexibility index (Phi) is 7.15. The molecule has 0 radical (unpaired) electrons. The summed E-state index contributed by atoms with van der Waals surface area (Å²) in [5.74, 6) is 2.05. The van der Waals surface area contributed by atoms with E-state index in [9.17, 15) is 4.79 Å². The van der Waals surface area contributed by atoms with E-state index < -0.39 is 0 Å². The molecule has 6 nitrogen and oxygen atoms in total. The Labute approximate surface area is 144 Å². The predicted octanol–water partition coefficient (Wildman–Crippen LogP) is 2.41. The molecule has 1 aliphatic heterocycles. The van der Waals surface area contributed by atoms with Crippen LogP contribution in [0.15, 0.2) is 21.7 Å². The number of carbonyl (C=O) groups is 1. The Morgan fingerprint density at radius 1 is 1.38 bits per heavy atom. The highest BCUT2D eigenvalue weighted by molar-refractivity contribution is 5.92. The van der Waals surface area contributed by atoms with E-state index in [0.717, 1.165) is 43.5 Å². The van der Waals surface area contributed by atoms with Crippen LogP contribution in [-0.4, -0.2) is 49.5 Å². The van der Waals surface area contributed by atoms with Crippen LogP contribution >= 0.6 is 0 Å². The third kappa shape index (κ3) is 5.28. The number of aryl methyl sites for hydroxylation is 1. The number of nitrogens with zero attached hydrogens (tertiary/aromatic N) is 2. The van der Waals surface area contributed by atoms with Crippen LogP contribution in [-0.2, 0) is 0 Å². The summed E-state index contributed by atoms with van der Waals surface area (Å²) in [5.41, 5.74) is 0.860. The minimum atomic E-state index is -0.154. The van der Waals surface area contributed by atoms with Crippen molar-refractivity contribution in [1.82, 2.24) is 15.5 Å². The molecule has 0 bridgehead atoms. The monoisotopic (exact) mass is 334 g/mol. The maximum Gasteiger partial charge on any atom is 0.287 e. The lowest BCUT2D eigenvalue weighted by Gasteiger charge is -2.33. The molecule has 1 aromatic heterocycles. The minimum Gasteiger partial charge on any atom is -0.459 e. The molecule has 2 rings (SSSR count). The first-order valence-electron chi connectivity index (χ1n) is 8.97. The Morgan fingerprint density at radius 3 is 2.75 bits per heavy atom. The molecule has 24 heavy (non-hydrogen) atoms. The molecule has 0 aliphatic carbocycles. The second-order valence-corrected chi connectivity index (χ2v) is 6.45. The van der Waals surface area contributed by atoms with Gasteiger partial charge in [-0.2, -0.15) is 0 Å². The molecule has 0 saturated carbocycles. The van der Waals surface area contributed by atoms with E-state index in [1.54, 1.807) is 6.07 Å². The summed E-state index contributed by atoms with van der Waals surface area (Å²) in [6.45, 7) is 10.6. The average molecular weight is 334 g/mol. The highest BCUT2D eigenvalue weighted by Crippen LogP contribution is 2.15. The first-order chi connectivity index (χ1) is 11.6. The normalized spacial score (nSPS) is 16.3. The van der Waals surface area contributed by atoms with Crippen molar-refractivity contribution in [2.75, 3.05) is 32.7 Å². The zero-order chi connectivity index (χ0) is 17.4. The number of aliphatic imine (C=N–C) groups is 1. The van der Waals surface area contributed by atoms with Crippen LogP contribution in [0.1, 0.15) is 49.2 Å². The highest BCUT2D eigenvalue weighted by Gasteiger charge is 2.18. The van der Waals surface area contributed by atoms with Gasteiger partial charge in [-0.15, -0.1) is 0 Å². The molecule has 1 fully saturated rings. The van der Waals surface area contributed by atoms with Crippen molar-refractivity contribution in [3.05, 3.63) is 23.7 Å². The molecule has 1 aliphatic rings. The SMILES string of the molecule is CCNC(=NCCCNC(=O)c1occc1C)N1CCC(C)CC1. The Bertz CT molecular complexity index is 545. The molecule has 0 unspecified atom stereocenters. The summed E-state index contributed by atoms with van der Waals surface area (Å²) in [6, 6.07) is 1.79. The van der Waals surface area contributed by atoms with Crippen molar-refractivity contribution < 1.29 is 9.21 Å². The number of rotatable bonds is 6. The van der Waals surface area contributed by atoms with E-state index in [1.807, 2.05) is 6.92 Å². The molecule has 1 saturated heterocycles. The average Bonchev–Trinajstić information content (AvgIpc) is 3.00. The van der Waals surface area contributed by atoms with Gasteiger partial charge >= 0.3 is 0 Å². The quantitative estimate of drug-likeness (QED) is 0.476. The first-order valence-corrected chi connectivity index (χ1v) is 8.97. The lowest BCUT2D eigenvalue weighted by Crippen LogP contribution is -2.45. The molecule has 0 spiro atoms. The van der Waals surface area contributed by atoms with Crippen LogP contribution in [0, 0.1) is 12.8 Å². The van der Waals surface area contributed by atoms with Crippen LogP contribution in [0.3, 0.4) is 0 Å². The van der Waals surface area contributed by atoms with E-state index in [1.165, 1.54) is 19.1 Å². The van der Waals surface area contributed by atoms with Crippen LogP contribution in [0.4, 0.5) is 0 Å². The predicted molar refractivity (Wildman–Crippen MR) is 96.3 cm³/mol. The van der Waals surface area contributed by atoms with Crippen LogP contribution < -0.4 is 10.6 Å². The second kappa shape index (κ2) is 9.35. The number of likely N-dealkylation sites (tertiary alicyclic amines) is 1. The number of hydrogen-bond donors (Lipinski definition) is 2. The zero-order valence-electron chi connectivity index (χ0n) is 15.1. The number of hydrogen-bond acceptors (Lipinski definition) is 3. The Morgan fingerprint density at radius 2 is 2.12 bits per heavy atom. The number of carbonyl (C=O) groups excluding carboxylic acids is 1. The van der Waals surface area contributed by atoms with Crippen molar-refractivity contribution in [3.8, 4) is 0 Å². The minimum absolute atomic E-state index is 0.154. The second-order valence-electron chi connectivity index (χ2n) is 6.45. The molecule has 1 aromatic rings. The molecule has 0 atom stereocenters. The fraction of sp³-hybridized carbons (Fsp3) is 0.667. The molecule has 134 valence electrons. The Hall–Kier alpha value is -1.98. The van der Waals surface area contributed by atoms with Gasteiger partial charge in [-0.05, 0) is 45.1 Å². The molecule has 1 amide bonds. The topological polar surface area (TPSA) is 69.9 Å². The molecule has 2 N–H and O–H groups in total. The summed E-state index contributed by atoms with van der Waals surface area (Å²) < 4.78 is 5.18. The summed E-state index contributed by atoms with van der Waals surface area (Å²) >= 11 is 0. The molecule has 0 aromatic carbocycles. The molecular formula is C18H30N4O2. The maximum atomic E-state index is 11.9. The van der Waals surface area contributed by atoms with Crippen molar-refractivity contribution in [3.63, 3.8) is 0 Å². The van der Waals surface area contributed by atoms with E-state index in [-0.39, 0.29) is 5.91 Å². The molecule has 2 heterocycles. The van der Waals surface area contributed by atoms with Gasteiger partial charge in [0.1, 0.15) is 0 Å². The summed E-state index contributed by atoms with van der Waals surface area (Å²) in [5, 5.41) is 6.25. The Balaban J connectivity index is 1.74. The number of nitrogens with one attached hydrogen (secondary N) is 2. The number of amides is 1. The van der Waals surface area contributed by atoms with Gasteiger partial charge in [-0.1, -0.05) is 6.92 Å². The van der Waals surface area contributed by atoms with Crippen LogP contribution in [0.5, 0.6) is 0 Å². The van der Waals surface area contributed by atoms with Gasteiger partial charge in [0.15, 0.2) is 11.7 Å². The lowest BCUT2D eigenvalue weighted by atomic mass is 10.00.